The summed E-state index contributed by atoms with van der Waals surface area (Å²) in [4.78, 5) is 0. The van der Waals surface area contributed by atoms with Crippen LogP contribution < -0.4 is 15.2 Å². The summed E-state index contributed by atoms with van der Waals surface area (Å²) in [6, 6.07) is 4.11. The normalized spacial score (nSPS) is 11.4. The van der Waals surface area contributed by atoms with Crippen LogP contribution in [0.1, 0.15) is 37.8 Å². The largest absolute Gasteiger partial charge is 0.496 e. The Balaban J connectivity index is 3.44. The van der Waals surface area contributed by atoms with E-state index in [0.29, 0.717) is 6.54 Å². The average Bonchev–Trinajstić information content (AvgIpc) is 2.42. The Bertz CT molecular complexity index is 389. The standard InChI is InChI=1S/C15H25NO2/c1-6-15(7-2,10-16)12-9-13(17-4)11(3)8-14(12)18-5/h8-9H,6-7,10,16H2,1-5H3. The summed E-state index contributed by atoms with van der Waals surface area (Å²) in [6.07, 6.45) is 1.98. The lowest BCUT2D eigenvalue weighted by molar-refractivity contribution is 0.354. The van der Waals surface area contributed by atoms with Crippen LogP contribution in [-0.2, 0) is 5.41 Å². The minimum atomic E-state index is -0.0354. The molecule has 0 heterocycles. The Hall–Kier alpha value is -1.22. The number of aryl methyl sites for hydroxylation is 1. The van der Waals surface area contributed by atoms with Gasteiger partial charge in [-0.05, 0) is 37.5 Å². The molecule has 18 heavy (non-hydrogen) atoms. The summed E-state index contributed by atoms with van der Waals surface area (Å²) in [6.45, 7) is 6.97. The molecular weight excluding hydrogens is 226 g/mol. The number of ether oxygens (including phenoxy) is 2. The van der Waals surface area contributed by atoms with Crippen molar-refractivity contribution in [3.8, 4) is 11.5 Å². The van der Waals surface area contributed by atoms with Crippen LogP contribution in [0.4, 0.5) is 0 Å². The summed E-state index contributed by atoms with van der Waals surface area (Å²) in [5.74, 6) is 1.80. The first-order valence-corrected chi connectivity index (χ1v) is 6.51. The average molecular weight is 251 g/mol. The molecule has 2 N–H and O–H groups in total. The number of methoxy groups -OCH3 is 2. The molecule has 1 aromatic carbocycles. The Labute approximate surface area is 110 Å². The second kappa shape index (κ2) is 6.10. The van der Waals surface area contributed by atoms with E-state index in [1.165, 1.54) is 0 Å². The molecule has 0 bridgehead atoms. The minimum Gasteiger partial charge on any atom is -0.496 e. The molecule has 0 spiro atoms. The van der Waals surface area contributed by atoms with E-state index in [0.717, 1.165) is 35.5 Å². The third-order valence-electron chi connectivity index (χ3n) is 4.03. The van der Waals surface area contributed by atoms with Gasteiger partial charge in [-0.2, -0.15) is 0 Å². The van der Waals surface area contributed by atoms with Gasteiger partial charge in [-0.1, -0.05) is 13.8 Å². The molecule has 0 unspecified atom stereocenters. The molecule has 0 saturated carbocycles. The third kappa shape index (κ3) is 2.46. The summed E-state index contributed by atoms with van der Waals surface area (Å²) < 4.78 is 10.9. The van der Waals surface area contributed by atoms with Crippen LogP contribution in [0, 0.1) is 6.92 Å². The smallest absolute Gasteiger partial charge is 0.123 e. The predicted molar refractivity (Wildman–Crippen MR) is 75.6 cm³/mol. The quantitative estimate of drug-likeness (QED) is 0.845. The van der Waals surface area contributed by atoms with Gasteiger partial charge in [0.1, 0.15) is 11.5 Å². The Morgan fingerprint density at radius 1 is 1.06 bits per heavy atom. The Morgan fingerprint density at radius 3 is 2.00 bits per heavy atom. The lowest BCUT2D eigenvalue weighted by atomic mass is 9.75. The molecule has 3 heteroatoms. The van der Waals surface area contributed by atoms with Crippen LogP contribution in [-0.4, -0.2) is 20.8 Å². The van der Waals surface area contributed by atoms with Crippen LogP contribution >= 0.6 is 0 Å². The van der Waals surface area contributed by atoms with Crippen LogP contribution in [0.3, 0.4) is 0 Å². The van der Waals surface area contributed by atoms with E-state index in [-0.39, 0.29) is 5.41 Å². The molecule has 0 fully saturated rings. The second-order valence-electron chi connectivity index (χ2n) is 4.71. The molecule has 3 nitrogen and oxygen atoms in total. The van der Waals surface area contributed by atoms with Gasteiger partial charge in [-0.25, -0.2) is 0 Å². The Morgan fingerprint density at radius 2 is 1.61 bits per heavy atom. The van der Waals surface area contributed by atoms with Crippen LogP contribution in [0.2, 0.25) is 0 Å². The van der Waals surface area contributed by atoms with Gasteiger partial charge >= 0.3 is 0 Å². The number of rotatable bonds is 6. The first-order valence-electron chi connectivity index (χ1n) is 6.51. The van der Waals surface area contributed by atoms with Crippen LogP contribution in [0.15, 0.2) is 12.1 Å². The zero-order chi connectivity index (χ0) is 13.8. The molecule has 0 atom stereocenters. The van der Waals surface area contributed by atoms with E-state index in [1.807, 2.05) is 13.0 Å². The van der Waals surface area contributed by atoms with Gasteiger partial charge in [0.15, 0.2) is 0 Å². The number of hydrogen-bond donors (Lipinski definition) is 1. The van der Waals surface area contributed by atoms with Crippen molar-refractivity contribution in [1.29, 1.82) is 0 Å². The van der Waals surface area contributed by atoms with Crippen molar-refractivity contribution < 1.29 is 9.47 Å². The van der Waals surface area contributed by atoms with Crippen LogP contribution in [0.25, 0.3) is 0 Å². The maximum Gasteiger partial charge on any atom is 0.123 e. The maximum atomic E-state index is 6.02. The van der Waals surface area contributed by atoms with Gasteiger partial charge in [0, 0.05) is 17.5 Å². The summed E-state index contributed by atoms with van der Waals surface area (Å²) >= 11 is 0. The zero-order valence-corrected chi connectivity index (χ0v) is 12.2. The van der Waals surface area contributed by atoms with E-state index in [4.69, 9.17) is 15.2 Å². The van der Waals surface area contributed by atoms with E-state index < -0.39 is 0 Å². The molecule has 0 aliphatic carbocycles. The topological polar surface area (TPSA) is 44.5 Å². The van der Waals surface area contributed by atoms with Gasteiger partial charge in [-0.3, -0.25) is 0 Å². The molecule has 0 aromatic heterocycles. The fourth-order valence-corrected chi connectivity index (χ4v) is 2.49. The van der Waals surface area contributed by atoms with Crippen molar-refractivity contribution in [3.63, 3.8) is 0 Å². The van der Waals surface area contributed by atoms with Gasteiger partial charge in [0.2, 0.25) is 0 Å². The van der Waals surface area contributed by atoms with Crippen molar-refractivity contribution in [2.24, 2.45) is 5.73 Å². The fraction of sp³-hybridized carbons (Fsp3) is 0.600. The van der Waals surface area contributed by atoms with E-state index in [2.05, 4.69) is 19.9 Å². The van der Waals surface area contributed by atoms with Crippen molar-refractivity contribution in [2.45, 2.75) is 39.0 Å². The van der Waals surface area contributed by atoms with Crippen molar-refractivity contribution >= 4 is 0 Å². The molecule has 102 valence electrons. The SMILES string of the molecule is CCC(CC)(CN)c1cc(OC)c(C)cc1OC. The molecule has 0 aliphatic heterocycles. The Kier molecular flexibility index (Phi) is 5.03. The van der Waals surface area contributed by atoms with Crippen molar-refractivity contribution in [1.82, 2.24) is 0 Å². The van der Waals surface area contributed by atoms with E-state index >= 15 is 0 Å². The molecular formula is C15H25NO2. The zero-order valence-electron chi connectivity index (χ0n) is 12.2. The number of hydrogen-bond acceptors (Lipinski definition) is 3. The highest BCUT2D eigenvalue weighted by Gasteiger charge is 2.30. The second-order valence-corrected chi connectivity index (χ2v) is 4.71. The monoisotopic (exact) mass is 251 g/mol. The van der Waals surface area contributed by atoms with Crippen molar-refractivity contribution in [3.05, 3.63) is 23.3 Å². The molecule has 0 amide bonds. The molecule has 1 aromatic rings. The highest BCUT2D eigenvalue weighted by Crippen LogP contribution is 2.40. The van der Waals surface area contributed by atoms with Gasteiger partial charge in [-0.15, -0.1) is 0 Å². The van der Waals surface area contributed by atoms with Gasteiger partial charge in [0.05, 0.1) is 14.2 Å². The van der Waals surface area contributed by atoms with Crippen molar-refractivity contribution in [2.75, 3.05) is 20.8 Å². The maximum absolute atomic E-state index is 6.02. The lowest BCUT2D eigenvalue weighted by Crippen LogP contribution is -2.34. The highest BCUT2D eigenvalue weighted by molar-refractivity contribution is 5.49. The van der Waals surface area contributed by atoms with Crippen LogP contribution in [0.5, 0.6) is 11.5 Å². The third-order valence-corrected chi connectivity index (χ3v) is 4.03. The number of nitrogens with two attached hydrogens (primary N) is 1. The van der Waals surface area contributed by atoms with E-state index in [9.17, 15) is 0 Å². The first kappa shape index (κ1) is 14.8. The summed E-state index contributed by atoms with van der Waals surface area (Å²) in [7, 11) is 3.40. The predicted octanol–water partition coefficient (Wildman–Crippen LogP) is 3.03. The lowest BCUT2D eigenvalue weighted by Gasteiger charge is -2.32. The molecule has 0 saturated heterocycles. The fourth-order valence-electron chi connectivity index (χ4n) is 2.49. The minimum absolute atomic E-state index is 0.0354. The first-order chi connectivity index (χ1) is 8.58. The molecule has 0 aliphatic rings. The number of benzene rings is 1. The molecule has 1 rings (SSSR count). The summed E-state index contributed by atoms with van der Waals surface area (Å²) in [5.41, 5.74) is 8.21. The van der Waals surface area contributed by atoms with Gasteiger partial charge in [0.25, 0.3) is 0 Å². The van der Waals surface area contributed by atoms with E-state index in [1.54, 1.807) is 14.2 Å². The highest BCUT2D eigenvalue weighted by atomic mass is 16.5. The van der Waals surface area contributed by atoms with Gasteiger partial charge < -0.3 is 15.2 Å². The summed E-state index contributed by atoms with van der Waals surface area (Å²) in [5, 5.41) is 0. The molecule has 0 radical (unpaired) electrons.